The van der Waals surface area contributed by atoms with Crippen molar-refractivity contribution in [2.24, 2.45) is 28.2 Å². The molecule has 0 N–H and O–H groups in total. The van der Waals surface area contributed by atoms with E-state index in [0.717, 1.165) is 38.9 Å². The molecule has 13 heterocycles. The Hall–Kier alpha value is -10.7. The van der Waals surface area contributed by atoms with Gasteiger partial charge in [-0.05, 0) is 109 Å². The molecule has 0 saturated carbocycles. The van der Waals surface area contributed by atoms with Gasteiger partial charge in [-0.1, -0.05) is 97.1 Å². The maximum Gasteiger partial charge on any atom is 0.492 e. The second-order valence-corrected chi connectivity index (χ2v) is 32.3. The number of rotatable bonds is 14. The second kappa shape index (κ2) is 34.4. The quantitative estimate of drug-likeness (QED) is 0.0598. The van der Waals surface area contributed by atoms with Crippen LogP contribution in [0.25, 0.3) is 16.7 Å². The number of carbonyl (C=O) groups excluding carboxylic acids is 4. The number of benzene rings is 3. The minimum absolute atomic E-state index is 0.0279. The molecule has 28 nitrogen and oxygen atoms in total. The van der Waals surface area contributed by atoms with Gasteiger partial charge in [-0.25, -0.2) is 37.9 Å². The number of aromatic nitrogens is 8. The van der Waals surface area contributed by atoms with E-state index in [0.29, 0.717) is 63.4 Å². The van der Waals surface area contributed by atoms with Crippen LogP contribution in [0.5, 0.6) is 0 Å². The molecule has 5 fully saturated rings. The summed E-state index contributed by atoms with van der Waals surface area (Å²) in [6.45, 7) is 22.8. The van der Waals surface area contributed by atoms with E-state index in [9.17, 15) is 38.4 Å². The Morgan fingerprint density at radius 1 is 0.473 bits per heavy atom. The summed E-state index contributed by atoms with van der Waals surface area (Å²) in [5.41, 5.74) is 4.88. The van der Waals surface area contributed by atoms with Crippen LogP contribution in [0.1, 0.15) is 51.3 Å². The summed E-state index contributed by atoms with van der Waals surface area (Å²) in [7, 11) is 7.85. The number of likely N-dealkylation sites (N-methyl/N-ethyl adjacent to an activating group) is 2. The highest BCUT2D eigenvalue weighted by Crippen LogP contribution is 2.57. The van der Waals surface area contributed by atoms with Crippen LogP contribution in [0.3, 0.4) is 0 Å². The van der Waals surface area contributed by atoms with Gasteiger partial charge in [-0.2, -0.15) is 30.5 Å². The van der Waals surface area contributed by atoms with Crippen LogP contribution in [-0.2, 0) is 47.2 Å². The number of aryl methyl sites for hydroxylation is 4. The third kappa shape index (κ3) is 17.0. The third-order valence-corrected chi connectivity index (χ3v) is 25.1. The van der Waals surface area contributed by atoms with Gasteiger partial charge < -0.3 is 38.7 Å². The van der Waals surface area contributed by atoms with Crippen molar-refractivity contribution < 1.29 is 38.2 Å². The predicted molar refractivity (Wildman–Crippen MR) is 428 cm³/mol. The van der Waals surface area contributed by atoms with E-state index < -0.39 is 25.6 Å². The van der Waals surface area contributed by atoms with Crippen LogP contribution < -0.4 is 38.2 Å². The van der Waals surface area contributed by atoms with E-state index in [2.05, 4.69) is 159 Å². The molecule has 4 aromatic heterocycles. The van der Waals surface area contributed by atoms with Gasteiger partial charge in [0.05, 0.1) is 79.7 Å². The summed E-state index contributed by atoms with van der Waals surface area (Å²) in [5.74, 6) is 2.41. The molecule has 8 amide bonds. The lowest BCUT2D eigenvalue weighted by molar-refractivity contribution is -0.109. The third-order valence-electron chi connectivity index (χ3n) is 20.6. The molecule has 16 rings (SSSR count). The zero-order valence-corrected chi connectivity index (χ0v) is 66.1. The van der Waals surface area contributed by atoms with Gasteiger partial charge in [-0.15, -0.1) is 13.2 Å². The Balaban J connectivity index is 0.000000133. The van der Waals surface area contributed by atoms with E-state index in [1.165, 1.54) is 56.9 Å². The van der Waals surface area contributed by atoms with Crippen molar-refractivity contribution in [3.05, 3.63) is 270 Å². The molecule has 9 aliphatic heterocycles. The average molecular weight is 1580 g/mol. The molecule has 4 unspecified atom stereocenters. The minimum atomic E-state index is -1.73. The van der Waals surface area contributed by atoms with Crippen molar-refractivity contribution >= 4 is 87.1 Å². The summed E-state index contributed by atoms with van der Waals surface area (Å²) in [5, 5.41) is 22.8. The lowest BCUT2D eigenvalue weighted by Gasteiger charge is -2.32. The molecular weight excluding hydrogens is 1490 g/mol. The average Bonchev–Trinajstić information content (AvgIpc) is 1.60. The first-order valence-corrected chi connectivity index (χ1v) is 38.6. The van der Waals surface area contributed by atoms with Gasteiger partial charge in [0.1, 0.15) is 29.2 Å². The second-order valence-electron chi connectivity index (χ2n) is 28.1. The highest BCUT2D eigenvalue weighted by molar-refractivity contribution is 9.10. The first-order chi connectivity index (χ1) is 52.6. The lowest BCUT2D eigenvalue weighted by atomic mass is 9.72. The summed E-state index contributed by atoms with van der Waals surface area (Å²) < 4.78 is 18.1. The Morgan fingerprint density at radius 3 is 1.15 bits per heavy atom. The van der Waals surface area contributed by atoms with Crippen LogP contribution in [0.15, 0.2) is 231 Å². The molecule has 7 aromatic rings. The molecule has 574 valence electrons. The zero-order valence-electron chi connectivity index (χ0n) is 63.6. The number of halogens is 1. The number of fused-ring (bicyclic) bond motifs is 8. The summed E-state index contributed by atoms with van der Waals surface area (Å²) in [6, 6.07) is 38.3. The Morgan fingerprint density at radius 2 is 0.800 bits per heavy atom. The molecule has 9 aliphatic rings. The number of hydrogen-bond acceptors (Lipinski definition) is 16. The molecule has 0 radical (unpaired) electrons. The topological polar surface area (TPSA) is 271 Å². The van der Waals surface area contributed by atoms with Crippen molar-refractivity contribution in [2.75, 3.05) is 79.7 Å². The highest BCUT2D eigenvalue weighted by atomic mass is 79.9. The van der Waals surface area contributed by atoms with Crippen LogP contribution in [0.2, 0.25) is 0 Å². The van der Waals surface area contributed by atoms with Crippen molar-refractivity contribution in [2.45, 2.75) is 70.0 Å². The fourth-order valence-electron chi connectivity index (χ4n) is 13.8. The van der Waals surface area contributed by atoms with Gasteiger partial charge in [0.15, 0.2) is 0 Å². The van der Waals surface area contributed by atoms with Gasteiger partial charge >= 0.3 is 31.2 Å². The van der Waals surface area contributed by atoms with Crippen LogP contribution >= 0.6 is 23.2 Å². The van der Waals surface area contributed by atoms with Crippen LogP contribution in [0.4, 0.5) is 19.2 Å². The Kier molecular flexibility index (Phi) is 25.1. The minimum Gasteiger partial charge on any atom is -0.400 e. The predicted octanol–water partition coefficient (Wildman–Crippen LogP) is 7.07. The number of carbonyl (C=O) groups is 4. The lowest BCUT2D eigenvalue weighted by Crippen LogP contribution is -2.41. The smallest absolute Gasteiger partial charge is 0.400 e. The molecule has 31 heteroatoms. The Labute approximate surface area is 647 Å². The SMILES string of the molecule is C/C=C/[P+](c1ccccc1)(c1ccccc1)c1ccccc1.C=CCON1C(=O)N2CC=C(B3OC(C)(C)C(C)(C)O3)C1C2.C=CCON1C(=O)N2CC=C(c3cnn(C)c(=O)c3)C1C2.CN1C(=O)N2CC=C(c3cnn(C)c(=O)c3)C1C2.CN1C(=O)N2CC=C(c3cnn(C)c(=O)c3)C1C2.Cn1ncc(Br)cc1=O. The Bertz CT molecular complexity index is 4790. The molecule has 0 spiro atoms. The summed E-state index contributed by atoms with van der Waals surface area (Å²) in [4.78, 5) is 115. The largest absolute Gasteiger partial charge is 0.492 e. The van der Waals surface area contributed by atoms with Gasteiger partial charge in [0.2, 0.25) is 0 Å². The van der Waals surface area contributed by atoms with E-state index in [1.807, 2.05) is 52.0 Å². The van der Waals surface area contributed by atoms with E-state index in [-0.39, 0.29) is 77.1 Å². The van der Waals surface area contributed by atoms with Crippen molar-refractivity contribution in [3.63, 3.8) is 0 Å². The number of urea groups is 4. The van der Waals surface area contributed by atoms with Gasteiger partial charge in [0, 0.05) is 134 Å². The molecular formula is C79H92BBrN16O12P+. The summed E-state index contributed by atoms with van der Waals surface area (Å²) in [6.07, 6.45) is 20.0. The van der Waals surface area contributed by atoms with Crippen molar-refractivity contribution in [1.29, 1.82) is 0 Å². The van der Waals surface area contributed by atoms with Crippen molar-refractivity contribution in [1.82, 2.24) is 78.6 Å². The molecule has 8 bridgehead atoms. The first kappa shape index (κ1) is 80.3. The number of amides is 8. The molecule has 0 aliphatic carbocycles. The maximum absolute atomic E-state index is 12.3. The monoisotopic (exact) mass is 1580 g/mol. The molecule has 4 atom stereocenters. The molecule has 5 saturated heterocycles. The number of nitrogens with zero attached hydrogens (tertiary/aromatic N) is 16. The summed E-state index contributed by atoms with van der Waals surface area (Å²) >= 11 is 3.12. The standard InChI is InChI=1S/C21H20P.C15H23BN2O4.C14H16N4O3.2C12H14N4O2.C5H5BrN2O/c1-2-18-22(19-12-6-3-7-13-19,20-14-8-4-9-15-20)21-16-10-5-11-17-21;1-6-9-20-18-12-10-17(13(18)19)8-7-11(12)16-21-14(2,3)15(4,5)22-16;1-3-6-21-18-12-9-17(14(18)20)5-4-11(12)10-7-13(19)16(2)15-8-10;2*1-14-10-7-16(12(14)18)4-3-9(10)8-5-11(17)15(2)13-6-8;1-8-5(9)2-4(6)3-7-8/h2-18H,1H3;6-7,12H,1,8-10H2,2-5H3;3-4,7-8,12H,1,5-6,9H2,2H3;2*3,5-6,10H,4,7H2,1-2H3;2-3H,1H3/q+1;;;;;/b18-2+;;;;;. The van der Waals surface area contributed by atoms with Crippen molar-refractivity contribution in [3.8, 4) is 0 Å². The number of allylic oxidation sites excluding steroid dienone is 1. The van der Waals surface area contributed by atoms with E-state index in [1.54, 1.807) is 121 Å². The van der Waals surface area contributed by atoms with Gasteiger partial charge in [-0.3, -0.25) is 28.9 Å². The maximum atomic E-state index is 12.3. The fourth-order valence-corrected chi connectivity index (χ4v) is 17.9. The number of hydroxylamine groups is 4. The molecule has 110 heavy (non-hydrogen) atoms. The first-order valence-electron chi connectivity index (χ1n) is 35.9. The highest BCUT2D eigenvalue weighted by Gasteiger charge is 2.57. The van der Waals surface area contributed by atoms with Crippen LogP contribution in [0, 0.1) is 0 Å². The number of hydrogen-bond donors (Lipinski definition) is 0. The van der Waals surface area contributed by atoms with E-state index in [4.69, 9.17) is 19.0 Å². The van der Waals surface area contributed by atoms with Gasteiger partial charge in [0.25, 0.3) is 22.2 Å². The normalized spacial score (nSPS) is 20.2. The van der Waals surface area contributed by atoms with E-state index >= 15 is 0 Å². The van der Waals surface area contributed by atoms with Crippen LogP contribution in [-0.4, -0.2) is 225 Å². The zero-order chi connectivity index (χ0) is 78.9. The molecule has 3 aromatic carbocycles. The fraction of sp³-hybridized carbons (Fsp3) is 0.342.